The summed E-state index contributed by atoms with van der Waals surface area (Å²) >= 11 is 0. The highest BCUT2D eigenvalue weighted by molar-refractivity contribution is 5.74. The number of hydrogen-bond donors (Lipinski definition) is 1. The minimum atomic E-state index is -0.0169. The summed E-state index contributed by atoms with van der Waals surface area (Å²) in [6.45, 7) is 4.09. The molecule has 7 nitrogen and oxygen atoms in total. The lowest BCUT2D eigenvalue weighted by Gasteiger charge is -2.35. The number of fused-ring (bicyclic) bond motifs is 1. The lowest BCUT2D eigenvalue weighted by atomic mass is 10.2. The van der Waals surface area contributed by atoms with E-state index in [1.807, 2.05) is 4.90 Å². The number of nitrogens with zero attached hydrogens (tertiary/aromatic N) is 4. The van der Waals surface area contributed by atoms with Crippen molar-refractivity contribution < 1.29 is 9.53 Å². The molecule has 120 valence electrons. The van der Waals surface area contributed by atoms with Gasteiger partial charge in [-0.1, -0.05) is 0 Å². The molecule has 0 radical (unpaired) electrons. The standard InChI is InChI=1S/C15H23N5O2/c1-22-10-5-16-15(21)20-8-6-19(7-9-20)14-11-12-3-2-4-13(12)17-18-14/h11H,2-10H2,1H3,(H,16,21). The second-order valence-electron chi connectivity index (χ2n) is 5.73. The third kappa shape index (κ3) is 3.30. The summed E-state index contributed by atoms with van der Waals surface area (Å²) in [6, 6.07) is 2.15. The molecule has 3 rings (SSSR count). The Morgan fingerprint density at radius 3 is 2.86 bits per heavy atom. The first-order valence-corrected chi connectivity index (χ1v) is 7.90. The molecule has 1 aliphatic carbocycles. The van der Waals surface area contributed by atoms with Crippen molar-refractivity contribution in [3.63, 3.8) is 0 Å². The van der Waals surface area contributed by atoms with Gasteiger partial charge in [-0.15, -0.1) is 5.10 Å². The minimum absolute atomic E-state index is 0.0169. The van der Waals surface area contributed by atoms with Gasteiger partial charge in [0.2, 0.25) is 0 Å². The van der Waals surface area contributed by atoms with Crippen LogP contribution in [0.2, 0.25) is 0 Å². The Morgan fingerprint density at radius 2 is 2.09 bits per heavy atom. The second kappa shape index (κ2) is 6.91. The molecule has 2 heterocycles. The highest BCUT2D eigenvalue weighted by Crippen LogP contribution is 2.23. The first-order chi connectivity index (χ1) is 10.8. The van der Waals surface area contributed by atoms with Gasteiger partial charge in [-0.3, -0.25) is 0 Å². The maximum atomic E-state index is 12.0. The van der Waals surface area contributed by atoms with Crippen LogP contribution in [-0.4, -0.2) is 67.6 Å². The fraction of sp³-hybridized carbons (Fsp3) is 0.667. The average molecular weight is 305 g/mol. The van der Waals surface area contributed by atoms with Crippen LogP contribution >= 0.6 is 0 Å². The number of hydrogen-bond acceptors (Lipinski definition) is 5. The molecule has 0 bridgehead atoms. The number of rotatable bonds is 4. The normalized spacial score (nSPS) is 17.5. The SMILES string of the molecule is COCCNC(=O)N1CCN(c2cc3c(nn2)CCC3)CC1. The van der Waals surface area contributed by atoms with Crippen LogP contribution in [0.15, 0.2) is 6.07 Å². The summed E-state index contributed by atoms with van der Waals surface area (Å²) in [4.78, 5) is 16.0. The molecule has 0 unspecified atom stereocenters. The fourth-order valence-electron chi connectivity index (χ4n) is 2.98. The number of ether oxygens (including phenoxy) is 1. The third-order valence-corrected chi connectivity index (χ3v) is 4.28. The van der Waals surface area contributed by atoms with Crippen LogP contribution in [0.3, 0.4) is 0 Å². The van der Waals surface area contributed by atoms with Crippen LogP contribution in [0.25, 0.3) is 0 Å². The summed E-state index contributed by atoms with van der Waals surface area (Å²) in [5.41, 5.74) is 2.49. The number of methoxy groups -OCH3 is 1. The monoisotopic (exact) mass is 305 g/mol. The number of piperazine rings is 1. The van der Waals surface area contributed by atoms with Gasteiger partial charge in [0, 0.05) is 39.8 Å². The summed E-state index contributed by atoms with van der Waals surface area (Å²) in [6.07, 6.45) is 3.35. The predicted octanol–water partition coefficient (Wildman–Crippen LogP) is 0.443. The van der Waals surface area contributed by atoms with E-state index in [1.165, 1.54) is 12.0 Å². The van der Waals surface area contributed by atoms with Gasteiger partial charge < -0.3 is 19.9 Å². The Hall–Kier alpha value is -1.89. The maximum absolute atomic E-state index is 12.0. The largest absolute Gasteiger partial charge is 0.383 e. The first kappa shape index (κ1) is 15.0. The summed E-state index contributed by atoms with van der Waals surface area (Å²) in [5, 5.41) is 11.5. The number of carbonyl (C=O) groups excluding carboxylic acids is 1. The zero-order valence-electron chi connectivity index (χ0n) is 13.0. The molecular weight excluding hydrogens is 282 g/mol. The van der Waals surface area contributed by atoms with Crippen LogP contribution < -0.4 is 10.2 Å². The molecule has 1 aromatic rings. The predicted molar refractivity (Wildman–Crippen MR) is 83.1 cm³/mol. The van der Waals surface area contributed by atoms with Crippen molar-refractivity contribution in [2.45, 2.75) is 19.3 Å². The molecular formula is C15H23N5O2. The number of carbonyl (C=O) groups is 1. The lowest BCUT2D eigenvalue weighted by molar-refractivity contribution is 0.177. The van der Waals surface area contributed by atoms with Gasteiger partial charge in [0.25, 0.3) is 0 Å². The topological polar surface area (TPSA) is 70.6 Å². The van der Waals surface area contributed by atoms with Crippen LogP contribution in [-0.2, 0) is 17.6 Å². The number of nitrogens with one attached hydrogen (secondary N) is 1. The molecule has 1 aromatic heterocycles. The Morgan fingerprint density at radius 1 is 1.27 bits per heavy atom. The van der Waals surface area contributed by atoms with E-state index in [4.69, 9.17) is 4.74 Å². The molecule has 7 heteroatoms. The molecule has 1 N–H and O–H groups in total. The first-order valence-electron chi connectivity index (χ1n) is 7.90. The van der Waals surface area contributed by atoms with Crippen molar-refractivity contribution in [2.75, 3.05) is 51.3 Å². The zero-order valence-corrected chi connectivity index (χ0v) is 13.0. The van der Waals surface area contributed by atoms with Crippen LogP contribution in [0.1, 0.15) is 17.7 Å². The van der Waals surface area contributed by atoms with E-state index in [2.05, 4.69) is 26.5 Å². The average Bonchev–Trinajstić information content (AvgIpc) is 3.02. The van der Waals surface area contributed by atoms with Crippen LogP contribution in [0, 0.1) is 0 Å². The quantitative estimate of drug-likeness (QED) is 0.818. The summed E-state index contributed by atoms with van der Waals surface area (Å²) in [5.74, 6) is 0.945. The van der Waals surface area contributed by atoms with Gasteiger partial charge in [-0.2, -0.15) is 5.10 Å². The Kier molecular flexibility index (Phi) is 4.72. The molecule has 1 saturated heterocycles. The zero-order chi connectivity index (χ0) is 15.4. The summed E-state index contributed by atoms with van der Waals surface area (Å²) < 4.78 is 4.93. The van der Waals surface area contributed by atoms with Crippen molar-refractivity contribution in [1.29, 1.82) is 0 Å². The van der Waals surface area contributed by atoms with Crippen molar-refractivity contribution in [3.8, 4) is 0 Å². The van der Waals surface area contributed by atoms with Crippen molar-refractivity contribution in [2.24, 2.45) is 0 Å². The van der Waals surface area contributed by atoms with E-state index in [1.54, 1.807) is 7.11 Å². The third-order valence-electron chi connectivity index (χ3n) is 4.28. The molecule has 1 fully saturated rings. The van der Waals surface area contributed by atoms with Gasteiger partial charge >= 0.3 is 6.03 Å². The van der Waals surface area contributed by atoms with Crippen LogP contribution in [0.4, 0.5) is 10.6 Å². The van der Waals surface area contributed by atoms with Gasteiger partial charge in [0.15, 0.2) is 5.82 Å². The Balaban J connectivity index is 1.52. The fourth-order valence-corrected chi connectivity index (χ4v) is 2.98. The molecule has 22 heavy (non-hydrogen) atoms. The Bertz CT molecular complexity index is 529. The van der Waals surface area contributed by atoms with Gasteiger partial charge in [-0.05, 0) is 30.9 Å². The molecule has 1 aliphatic heterocycles. The second-order valence-corrected chi connectivity index (χ2v) is 5.73. The number of urea groups is 1. The van der Waals surface area contributed by atoms with Gasteiger partial charge in [-0.25, -0.2) is 4.79 Å². The van der Waals surface area contributed by atoms with Crippen molar-refractivity contribution in [1.82, 2.24) is 20.4 Å². The van der Waals surface area contributed by atoms with Crippen LogP contribution in [0.5, 0.6) is 0 Å². The minimum Gasteiger partial charge on any atom is -0.383 e. The number of anilines is 1. The molecule has 2 aliphatic rings. The molecule has 0 saturated carbocycles. The summed E-state index contributed by atoms with van der Waals surface area (Å²) in [7, 11) is 1.63. The highest BCUT2D eigenvalue weighted by atomic mass is 16.5. The molecule has 0 spiro atoms. The van der Waals surface area contributed by atoms with E-state index < -0.39 is 0 Å². The smallest absolute Gasteiger partial charge is 0.317 e. The van der Waals surface area contributed by atoms with E-state index in [0.717, 1.165) is 37.4 Å². The molecule has 2 amide bonds. The number of amides is 2. The maximum Gasteiger partial charge on any atom is 0.317 e. The van der Waals surface area contributed by atoms with E-state index in [0.29, 0.717) is 26.2 Å². The van der Waals surface area contributed by atoms with E-state index in [9.17, 15) is 4.79 Å². The van der Waals surface area contributed by atoms with E-state index >= 15 is 0 Å². The number of aryl methyl sites for hydroxylation is 2. The van der Waals surface area contributed by atoms with E-state index in [-0.39, 0.29) is 6.03 Å². The lowest BCUT2D eigenvalue weighted by Crippen LogP contribution is -2.52. The van der Waals surface area contributed by atoms with Crippen molar-refractivity contribution in [3.05, 3.63) is 17.3 Å². The Labute approximate surface area is 130 Å². The molecule has 0 aromatic carbocycles. The highest BCUT2D eigenvalue weighted by Gasteiger charge is 2.23. The van der Waals surface area contributed by atoms with Gasteiger partial charge in [0.1, 0.15) is 0 Å². The van der Waals surface area contributed by atoms with Gasteiger partial charge in [0.05, 0.1) is 12.3 Å². The number of aromatic nitrogens is 2. The van der Waals surface area contributed by atoms with Crippen molar-refractivity contribution >= 4 is 11.8 Å². The molecule has 0 atom stereocenters.